The molecular weight excluding hydrogens is 311 g/mol. The molecule has 0 saturated carbocycles. The number of rotatable bonds is 6. The number of Topliss-reactive ketones (excluding diaryl/α,β-unsaturated/α-hetero) is 1. The average Bonchev–Trinajstić information content (AvgIpc) is 2.82. The van der Waals surface area contributed by atoms with Gasteiger partial charge in [-0.1, -0.05) is 12.1 Å². The van der Waals surface area contributed by atoms with E-state index in [9.17, 15) is 14.0 Å². The highest BCUT2D eigenvalue weighted by molar-refractivity contribution is 6.03. The first-order chi connectivity index (χ1) is 11.4. The van der Waals surface area contributed by atoms with Crippen LogP contribution in [0.2, 0.25) is 0 Å². The van der Waals surface area contributed by atoms with Crippen LogP contribution in [0.3, 0.4) is 0 Å². The topological polar surface area (TPSA) is 62.4 Å². The van der Waals surface area contributed by atoms with Crippen LogP contribution in [-0.4, -0.2) is 36.9 Å². The molecule has 1 heterocycles. The molecule has 1 aromatic carbocycles. The molecular formula is C18H21FN2O3. The molecule has 5 nitrogen and oxygen atoms in total. The van der Waals surface area contributed by atoms with Crippen LogP contribution < -0.4 is 4.90 Å². The number of carbonyl (C=O) groups is 2. The molecule has 128 valence electrons. The van der Waals surface area contributed by atoms with E-state index in [4.69, 9.17) is 4.74 Å². The number of aromatic nitrogens is 1. The monoisotopic (exact) mass is 332 g/mol. The number of aromatic amines is 1. The van der Waals surface area contributed by atoms with E-state index in [0.29, 0.717) is 28.2 Å². The fourth-order valence-corrected chi connectivity index (χ4v) is 2.68. The van der Waals surface area contributed by atoms with Gasteiger partial charge >= 0.3 is 5.97 Å². The quantitative estimate of drug-likeness (QED) is 0.651. The molecule has 0 aliphatic heterocycles. The molecule has 2 rings (SSSR count). The Balaban J connectivity index is 2.23. The second kappa shape index (κ2) is 7.29. The zero-order chi connectivity index (χ0) is 17.9. The Bertz CT molecular complexity index is 768. The van der Waals surface area contributed by atoms with Gasteiger partial charge in [-0.2, -0.15) is 0 Å². The van der Waals surface area contributed by atoms with Gasteiger partial charge in [0.15, 0.2) is 5.78 Å². The molecule has 0 spiro atoms. The number of ether oxygens (including phenoxy) is 1. The second-order valence-corrected chi connectivity index (χ2v) is 5.58. The minimum absolute atomic E-state index is 0.00993. The van der Waals surface area contributed by atoms with Gasteiger partial charge in [-0.3, -0.25) is 4.79 Å². The van der Waals surface area contributed by atoms with Crippen LogP contribution in [0.25, 0.3) is 0 Å². The van der Waals surface area contributed by atoms with Crippen molar-refractivity contribution in [3.63, 3.8) is 0 Å². The maximum absolute atomic E-state index is 13.8. The lowest BCUT2D eigenvalue weighted by Crippen LogP contribution is -2.27. The number of hydrogen-bond donors (Lipinski definition) is 1. The summed E-state index contributed by atoms with van der Waals surface area (Å²) in [5, 5.41) is 0. The third kappa shape index (κ3) is 3.48. The van der Waals surface area contributed by atoms with Gasteiger partial charge < -0.3 is 14.6 Å². The predicted octanol–water partition coefficient (Wildman–Crippen LogP) is 3.27. The van der Waals surface area contributed by atoms with Crippen molar-refractivity contribution in [3.8, 4) is 0 Å². The Labute approximate surface area is 140 Å². The number of esters is 1. The Morgan fingerprint density at radius 1 is 1.25 bits per heavy atom. The Morgan fingerprint density at radius 3 is 2.54 bits per heavy atom. The lowest BCUT2D eigenvalue weighted by atomic mass is 10.1. The normalized spacial score (nSPS) is 10.5. The van der Waals surface area contributed by atoms with Crippen LogP contribution in [0.1, 0.15) is 39.0 Å². The minimum atomic E-state index is -0.453. The fraction of sp³-hybridized carbons (Fsp3) is 0.333. The summed E-state index contributed by atoms with van der Waals surface area (Å²) in [4.78, 5) is 29.0. The van der Waals surface area contributed by atoms with Crippen LogP contribution in [0, 0.1) is 19.7 Å². The standard InChI is InChI=1S/C18H21FN2O3/c1-5-24-18(23)16-11(2)17(20-12(16)3)15(22)10-21(4)14-9-7-6-8-13(14)19/h6-9,20H,5,10H2,1-4H3. The summed E-state index contributed by atoms with van der Waals surface area (Å²) in [6.07, 6.45) is 0. The molecule has 0 aliphatic rings. The summed E-state index contributed by atoms with van der Waals surface area (Å²) < 4.78 is 18.8. The highest BCUT2D eigenvalue weighted by Gasteiger charge is 2.23. The highest BCUT2D eigenvalue weighted by Crippen LogP contribution is 2.21. The van der Waals surface area contributed by atoms with Gasteiger partial charge in [-0.25, -0.2) is 9.18 Å². The van der Waals surface area contributed by atoms with E-state index < -0.39 is 5.97 Å². The van der Waals surface area contributed by atoms with Gasteiger partial charge in [-0.05, 0) is 38.5 Å². The fourth-order valence-electron chi connectivity index (χ4n) is 2.68. The smallest absolute Gasteiger partial charge is 0.340 e. The lowest BCUT2D eigenvalue weighted by Gasteiger charge is -2.18. The molecule has 2 aromatic rings. The van der Waals surface area contributed by atoms with E-state index in [0.717, 1.165) is 0 Å². The largest absolute Gasteiger partial charge is 0.462 e. The predicted molar refractivity (Wildman–Crippen MR) is 90.2 cm³/mol. The van der Waals surface area contributed by atoms with E-state index >= 15 is 0 Å². The highest BCUT2D eigenvalue weighted by atomic mass is 19.1. The maximum atomic E-state index is 13.8. The molecule has 0 unspecified atom stereocenters. The summed E-state index contributed by atoms with van der Waals surface area (Å²) in [7, 11) is 1.65. The van der Waals surface area contributed by atoms with E-state index in [1.54, 1.807) is 46.0 Å². The lowest BCUT2D eigenvalue weighted by molar-refractivity contribution is 0.0525. The first-order valence-corrected chi connectivity index (χ1v) is 7.72. The van der Waals surface area contributed by atoms with Gasteiger partial charge in [-0.15, -0.1) is 0 Å². The van der Waals surface area contributed by atoms with Crippen LogP contribution in [0.4, 0.5) is 10.1 Å². The zero-order valence-corrected chi connectivity index (χ0v) is 14.3. The SMILES string of the molecule is CCOC(=O)c1c(C)[nH]c(C(=O)CN(C)c2ccccc2F)c1C. The molecule has 1 aromatic heterocycles. The number of aryl methyl sites for hydroxylation is 1. The van der Waals surface area contributed by atoms with Crippen molar-refractivity contribution in [2.75, 3.05) is 25.1 Å². The van der Waals surface area contributed by atoms with E-state index in [2.05, 4.69) is 4.98 Å². The molecule has 0 saturated heterocycles. The zero-order valence-electron chi connectivity index (χ0n) is 14.3. The van der Waals surface area contributed by atoms with Crippen LogP contribution >= 0.6 is 0 Å². The van der Waals surface area contributed by atoms with Crippen molar-refractivity contribution in [1.29, 1.82) is 0 Å². The second-order valence-electron chi connectivity index (χ2n) is 5.58. The number of anilines is 1. The van der Waals surface area contributed by atoms with Crippen molar-refractivity contribution in [1.82, 2.24) is 4.98 Å². The summed E-state index contributed by atoms with van der Waals surface area (Å²) in [6, 6.07) is 6.26. The Hall–Kier alpha value is -2.63. The molecule has 0 amide bonds. The first-order valence-electron chi connectivity index (χ1n) is 7.72. The van der Waals surface area contributed by atoms with Crippen molar-refractivity contribution in [2.24, 2.45) is 0 Å². The number of nitrogens with one attached hydrogen (secondary N) is 1. The molecule has 0 bridgehead atoms. The van der Waals surface area contributed by atoms with Gasteiger partial charge in [0.05, 0.1) is 30.1 Å². The van der Waals surface area contributed by atoms with Gasteiger partial charge in [0, 0.05) is 12.7 Å². The van der Waals surface area contributed by atoms with Gasteiger partial charge in [0.25, 0.3) is 0 Å². The molecule has 0 radical (unpaired) electrons. The van der Waals surface area contributed by atoms with Gasteiger partial charge in [0.1, 0.15) is 5.82 Å². The molecule has 0 atom stereocenters. The number of ketones is 1. The number of benzene rings is 1. The summed E-state index contributed by atoms with van der Waals surface area (Å²) in [5.74, 6) is -1.07. The van der Waals surface area contributed by atoms with E-state index in [-0.39, 0.29) is 24.8 Å². The number of nitrogens with zero attached hydrogens (tertiary/aromatic N) is 1. The van der Waals surface area contributed by atoms with Crippen LogP contribution in [-0.2, 0) is 4.74 Å². The van der Waals surface area contributed by atoms with E-state index in [1.165, 1.54) is 11.0 Å². The number of halogens is 1. The average molecular weight is 332 g/mol. The van der Waals surface area contributed by atoms with Crippen molar-refractivity contribution < 1.29 is 18.7 Å². The summed E-state index contributed by atoms with van der Waals surface area (Å²) in [5.41, 5.74) is 2.21. The molecule has 24 heavy (non-hydrogen) atoms. The van der Waals surface area contributed by atoms with Crippen molar-refractivity contribution >= 4 is 17.4 Å². The number of hydrogen-bond acceptors (Lipinski definition) is 4. The van der Waals surface area contributed by atoms with Gasteiger partial charge in [0.2, 0.25) is 0 Å². The van der Waals surface area contributed by atoms with E-state index in [1.807, 2.05) is 0 Å². The molecule has 6 heteroatoms. The number of likely N-dealkylation sites (N-methyl/N-ethyl adjacent to an activating group) is 1. The summed E-state index contributed by atoms with van der Waals surface area (Å²) >= 11 is 0. The number of carbonyl (C=O) groups excluding carboxylic acids is 2. The number of para-hydroxylation sites is 1. The summed E-state index contributed by atoms with van der Waals surface area (Å²) in [6.45, 7) is 5.40. The molecule has 0 aliphatic carbocycles. The Kier molecular flexibility index (Phi) is 5.39. The maximum Gasteiger partial charge on any atom is 0.340 e. The van der Waals surface area contributed by atoms with Crippen molar-refractivity contribution in [3.05, 3.63) is 52.6 Å². The van der Waals surface area contributed by atoms with Crippen LogP contribution in [0.15, 0.2) is 24.3 Å². The third-order valence-corrected chi connectivity index (χ3v) is 3.84. The van der Waals surface area contributed by atoms with Crippen LogP contribution in [0.5, 0.6) is 0 Å². The minimum Gasteiger partial charge on any atom is -0.462 e. The van der Waals surface area contributed by atoms with Crippen molar-refractivity contribution in [2.45, 2.75) is 20.8 Å². The third-order valence-electron chi connectivity index (χ3n) is 3.84. The molecule has 1 N–H and O–H groups in total. The Morgan fingerprint density at radius 2 is 1.92 bits per heavy atom. The first kappa shape index (κ1) is 17.7. The molecule has 0 fully saturated rings. The number of H-pyrrole nitrogens is 1.